The lowest BCUT2D eigenvalue weighted by Gasteiger charge is -2.37. The number of hydrogen-bond donors (Lipinski definition) is 5. The second kappa shape index (κ2) is 17.8. The number of aliphatic hydroxyl groups is 1. The number of benzene rings is 2. The topological polar surface area (TPSA) is 170 Å². The van der Waals surface area contributed by atoms with Crippen LogP contribution in [0.25, 0.3) is 11.3 Å². The van der Waals surface area contributed by atoms with E-state index in [4.69, 9.17) is 4.74 Å². The predicted octanol–water partition coefficient (Wildman–Crippen LogP) is 5.05. The van der Waals surface area contributed by atoms with Gasteiger partial charge in [-0.25, -0.2) is 9.59 Å². The number of rotatable bonds is 14. The summed E-state index contributed by atoms with van der Waals surface area (Å²) in [5.41, 5.74) is 2.01. The van der Waals surface area contributed by atoms with Crippen LogP contribution in [0.5, 0.6) is 0 Å². The lowest BCUT2D eigenvalue weighted by molar-refractivity contribution is -0.131. The molecule has 3 aromatic rings. The second-order valence-corrected chi connectivity index (χ2v) is 15.0. The first-order chi connectivity index (χ1) is 23.9. The van der Waals surface area contributed by atoms with Crippen molar-refractivity contribution in [1.82, 2.24) is 25.8 Å². The van der Waals surface area contributed by atoms with Crippen LogP contribution in [0.4, 0.5) is 9.59 Å². The summed E-state index contributed by atoms with van der Waals surface area (Å²) in [5.74, 6) is -1.01. The van der Waals surface area contributed by atoms with E-state index in [0.29, 0.717) is 6.42 Å². The van der Waals surface area contributed by atoms with E-state index in [1.165, 1.54) is 14.2 Å². The number of methoxy groups -OCH3 is 1. The third kappa shape index (κ3) is 12.1. The van der Waals surface area contributed by atoms with E-state index >= 15 is 0 Å². The largest absolute Gasteiger partial charge is 0.465 e. The summed E-state index contributed by atoms with van der Waals surface area (Å²) in [6.07, 6.45) is -0.875. The van der Waals surface area contributed by atoms with Gasteiger partial charge in [-0.3, -0.25) is 19.5 Å². The molecule has 2 aromatic carbocycles. The first-order valence-electron chi connectivity index (χ1n) is 17.0. The highest BCUT2D eigenvalue weighted by Crippen LogP contribution is 2.26. The zero-order chi connectivity index (χ0) is 37.9. The summed E-state index contributed by atoms with van der Waals surface area (Å²) in [7, 11) is 2.57. The van der Waals surface area contributed by atoms with Crippen LogP contribution in [-0.2, 0) is 27.2 Å². The fourth-order valence-electron chi connectivity index (χ4n) is 6.09. The minimum absolute atomic E-state index is 0.0234. The molecular weight excluding hydrogens is 650 g/mol. The van der Waals surface area contributed by atoms with Gasteiger partial charge >= 0.3 is 12.2 Å². The summed E-state index contributed by atoms with van der Waals surface area (Å²) in [4.78, 5) is 57.2. The zero-order valence-corrected chi connectivity index (χ0v) is 30.8. The molecule has 0 aliphatic rings. The molecule has 276 valence electrons. The number of carbonyl (C=O) groups excluding carboxylic acids is 3. The highest BCUT2D eigenvalue weighted by atomic mass is 16.5. The Morgan fingerprint density at radius 3 is 1.92 bits per heavy atom. The van der Waals surface area contributed by atoms with E-state index in [0.717, 1.165) is 27.3 Å². The van der Waals surface area contributed by atoms with Gasteiger partial charge in [0.15, 0.2) is 0 Å². The molecule has 0 spiro atoms. The van der Waals surface area contributed by atoms with E-state index in [2.05, 4.69) is 20.9 Å². The smallest absolute Gasteiger partial charge is 0.407 e. The maximum absolute atomic E-state index is 13.8. The molecule has 5 N–H and O–H groups in total. The number of ether oxygens (including phenoxy) is 1. The Kier molecular flexibility index (Phi) is 14.1. The number of alkyl carbamates (subject to hydrolysis) is 1. The van der Waals surface area contributed by atoms with Crippen LogP contribution in [0.3, 0.4) is 0 Å². The van der Waals surface area contributed by atoms with E-state index in [1.54, 1.807) is 27.0 Å². The van der Waals surface area contributed by atoms with Crippen LogP contribution < -0.4 is 16.0 Å². The lowest BCUT2D eigenvalue weighted by Crippen LogP contribution is -2.59. The van der Waals surface area contributed by atoms with Crippen molar-refractivity contribution in [2.24, 2.45) is 10.8 Å². The summed E-state index contributed by atoms with van der Waals surface area (Å²) >= 11 is 0. The van der Waals surface area contributed by atoms with E-state index < -0.39 is 65.1 Å². The van der Waals surface area contributed by atoms with Crippen molar-refractivity contribution in [3.63, 3.8) is 0 Å². The van der Waals surface area contributed by atoms with Crippen molar-refractivity contribution < 1.29 is 34.1 Å². The number of amides is 4. The summed E-state index contributed by atoms with van der Waals surface area (Å²) in [6, 6.07) is 19.2. The Balaban J connectivity index is 1.97. The molecule has 0 radical (unpaired) electrons. The van der Waals surface area contributed by atoms with Gasteiger partial charge in [0.1, 0.15) is 12.1 Å². The molecule has 3 rings (SSSR count). The van der Waals surface area contributed by atoms with Gasteiger partial charge in [0.25, 0.3) is 0 Å². The van der Waals surface area contributed by atoms with Gasteiger partial charge in [-0.15, -0.1) is 0 Å². The Labute approximate surface area is 301 Å². The van der Waals surface area contributed by atoms with Crippen LogP contribution >= 0.6 is 0 Å². The Morgan fingerprint density at radius 2 is 1.39 bits per heavy atom. The quantitative estimate of drug-likeness (QED) is 0.155. The van der Waals surface area contributed by atoms with Crippen LogP contribution in [0, 0.1) is 10.8 Å². The van der Waals surface area contributed by atoms with Gasteiger partial charge in [0, 0.05) is 24.8 Å². The Hall–Kier alpha value is -4.97. The number of likely N-dealkylation sites (N-methyl/N-ethyl adjacent to an activating group) is 1. The maximum atomic E-state index is 13.8. The number of carbonyl (C=O) groups is 4. The number of aromatic nitrogens is 1. The van der Waals surface area contributed by atoms with Crippen molar-refractivity contribution in [3.8, 4) is 11.3 Å². The number of nitrogens with one attached hydrogen (secondary N) is 3. The molecule has 0 aliphatic carbocycles. The standard InChI is InChI=1S/C39H53N5O7/c1-38(2,3)32(43-36(48)51-8)34(46)41-28(22-26-17-19-27(20-18-26)29-16-12-13-21-40-29)24-31(45)30(23-25-14-10-9-11-15-25)42-35(47)33(39(4,5)6)44(7)37(49)50/h9-21,28,30-33,45H,22-24H2,1-8H3,(H,41,46)(H,42,47)(H,43,48)(H,49,50). The SMILES string of the molecule is COC(=O)NC(C(=O)NC(Cc1ccc(-c2ccccn2)cc1)CC(O)C(Cc1ccccc1)NC(=O)C(N(C)C(=O)O)C(C)(C)C)C(C)(C)C. The minimum Gasteiger partial charge on any atom is -0.465 e. The molecule has 51 heavy (non-hydrogen) atoms. The van der Waals surface area contributed by atoms with Crippen LogP contribution in [0.2, 0.25) is 0 Å². The molecule has 0 aliphatic heterocycles. The Bertz CT molecular complexity index is 1590. The van der Waals surface area contributed by atoms with Crippen molar-refractivity contribution >= 4 is 24.0 Å². The third-order valence-electron chi connectivity index (χ3n) is 8.69. The van der Waals surface area contributed by atoms with Gasteiger partial charge in [0.05, 0.1) is 24.9 Å². The van der Waals surface area contributed by atoms with E-state index in [9.17, 15) is 29.4 Å². The number of aliphatic hydroxyl groups excluding tert-OH is 1. The number of nitrogens with zero attached hydrogens (tertiary/aromatic N) is 2. The lowest BCUT2D eigenvalue weighted by atomic mass is 9.84. The first kappa shape index (κ1) is 40.5. The molecule has 0 saturated heterocycles. The highest BCUT2D eigenvalue weighted by molar-refractivity contribution is 5.87. The average Bonchev–Trinajstić information content (AvgIpc) is 3.06. The van der Waals surface area contributed by atoms with Gasteiger partial charge in [-0.2, -0.15) is 0 Å². The average molecular weight is 704 g/mol. The van der Waals surface area contributed by atoms with Crippen molar-refractivity contribution in [2.75, 3.05) is 14.2 Å². The van der Waals surface area contributed by atoms with Gasteiger partial charge in [-0.1, -0.05) is 102 Å². The number of pyridine rings is 1. The molecule has 4 amide bonds. The fourth-order valence-corrected chi connectivity index (χ4v) is 6.09. The first-order valence-corrected chi connectivity index (χ1v) is 17.0. The maximum Gasteiger partial charge on any atom is 0.407 e. The molecule has 1 heterocycles. The van der Waals surface area contributed by atoms with Crippen molar-refractivity contribution in [3.05, 3.63) is 90.1 Å². The molecule has 5 unspecified atom stereocenters. The van der Waals surface area contributed by atoms with E-state index in [-0.39, 0.29) is 12.8 Å². The Morgan fingerprint density at radius 1 is 0.784 bits per heavy atom. The summed E-state index contributed by atoms with van der Waals surface area (Å²) < 4.78 is 4.78. The monoisotopic (exact) mass is 703 g/mol. The molecule has 1 aromatic heterocycles. The fraction of sp³-hybridized carbons (Fsp3) is 0.462. The molecule has 0 bridgehead atoms. The molecular formula is C39H53N5O7. The molecule has 0 fully saturated rings. The van der Waals surface area contributed by atoms with Crippen molar-refractivity contribution in [1.29, 1.82) is 0 Å². The predicted molar refractivity (Wildman–Crippen MR) is 196 cm³/mol. The molecule has 5 atom stereocenters. The minimum atomic E-state index is -1.25. The number of carboxylic acid groups (broad SMARTS) is 1. The van der Waals surface area contributed by atoms with Crippen LogP contribution in [-0.4, -0.2) is 88.5 Å². The van der Waals surface area contributed by atoms with E-state index in [1.807, 2.05) is 93.6 Å². The second-order valence-electron chi connectivity index (χ2n) is 15.0. The molecule has 12 heteroatoms. The van der Waals surface area contributed by atoms with Gasteiger partial charge < -0.3 is 30.9 Å². The normalized spacial score (nSPS) is 14.6. The van der Waals surface area contributed by atoms with Gasteiger partial charge in [0.2, 0.25) is 11.8 Å². The van der Waals surface area contributed by atoms with Crippen LogP contribution in [0.15, 0.2) is 79.0 Å². The van der Waals surface area contributed by atoms with Crippen molar-refractivity contribution in [2.45, 2.75) is 91.1 Å². The third-order valence-corrected chi connectivity index (χ3v) is 8.69. The molecule has 12 nitrogen and oxygen atoms in total. The molecule has 0 saturated carbocycles. The summed E-state index contributed by atoms with van der Waals surface area (Å²) in [5, 5.41) is 30.3. The van der Waals surface area contributed by atoms with Crippen LogP contribution in [0.1, 0.15) is 59.1 Å². The highest BCUT2D eigenvalue weighted by Gasteiger charge is 2.39. The zero-order valence-electron chi connectivity index (χ0n) is 30.8. The number of hydrogen-bond acceptors (Lipinski definition) is 7. The van der Waals surface area contributed by atoms with Gasteiger partial charge in [-0.05, 0) is 53.4 Å². The summed E-state index contributed by atoms with van der Waals surface area (Å²) in [6.45, 7) is 10.8.